The second-order valence-corrected chi connectivity index (χ2v) is 27.0. The predicted molar refractivity (Wildman–Crippen MR) is 180 cm³/mol. The number of amides is 1. The SMILES string of the molecule is CCCCN(C(=O)CN1C[C@H](c2ccc3c(c2)CCO3)[C@@H](C(=O)O)C12C[C@H]2C(C)(C)C=C(C)C)c1cccc(C[I-](C)(C)C)c1. The number of unbranched alkanes of at least 4 members (excludes halogenated alkanes) is 1. The number of nitrogens with zero attached hydrogens (tertiary/aromatic N) is 2. The number of ether oxygens (including phenoxy) is 1. The summed E-state index contributed by atoms with van der Waals surface area (Å²) in [6, 6.07) is 14.8. The molecule has 0 radical (unpaired) electrons. The van der Waals surface area contributed by atoms with Gasteiger partial charge in [-0.2, -0.15) is 0 Å². The number of halogens is 1. The number of carboxylic acid groups (broad SMARTS) is 1. The van der Waals surface area contributed by atoms with Crippen LogP contribution in [0.4, 0.5) is 5.69 Å². The number of carbonyl (C=O) groups excluding carboxylic acids is 1. The average molecular weight is 730 g/mol. The molecule has 1 spiro atoms. The van der Waals surface area contributed by atoms with Gasteiger partial charge in [0.25, 0.3) is 0 Å². The Kier molecular flexibility index (Phi) is 9.82. The number of anilines is 1. The summed E-state index contributed by atoms with van der Waals surface area (Å²) in [5, 5.41) is 10.9. The molecule has 2 aromatic rings. The topological polar surface area (TPSA) is 70.1 Å². The fraction of sp³-hybridized carbons (Fsp3) is 0.579. The van der Waals surface area contributed by atoms with Gasteiger partial charge in [-0.25, -0.2) is 0 Å². The van der Waals surface area contributed by atoms with Gasteiger partial charge < -0.3 is 4.74 Å². The summed E-state index contributed by atoms with van der Waals surface area (Å²) >= 11 is -1.77. The zero-order chi connectivity index (χ0) is 32.7. The molecule has 3 aliphatic rings. The summed E-state index contributed by atoms with van der Waals surface area (Å²) in [7, 11) is 0. The Morgan fingerprint density at radius 3 is 2.58 bits per heavy atom. The number of carbonyl (C=O) groups is 2. The Morgan fingerprint density at radius 2 is 1.91 bits per heavy atom. The van der Waals surface area contributed by atoms with Gasteiger partial charge >= 0.3 is 222 Å². The van der Waals surface area contributed by atoms with E-state index >= 15 is 0 Å². The second-order valence-electron chi connectivity index (χ2n) is 15.2. The van der Waals surface area contributed by atoms with E-state index < -0.39 is 35.9 Å². The molecule has 0 bridgehead atoms. The Balaban J connectivity index is 1.51. The molecule has 1 aliphatic carbocycles. The third kappa shape index (κ3) is 7.14. The molecule has 2 aliphatic heterocycles. The molecule has 1 amide bonds. The molecule has 7 heteroatoms. The first kappa shape index (κ1) is 34.0. The molecule has 5 rings (SSSR count). The fourth-order valence-corrected chi connectivity index (χ4v) is 11.5. The van der Waals surface area contributed by atoms with Crippen LogP contribution < -0.4 is 28.1 Å². The zero-order valence-corrected chi connectivity index (χ0v) is 30.8. The van der Waals surface area contributed by atoms with Crippen molar-refractivity contribution < 1.29 is 37.9 Å². The van der Waals surface area contributed by atoms with Crippen LogP contribution in [0.5, 0.6) is 5.75 Å². The van der Waals surface area contributed by atoms with Gasteiger partial charge in [0.1, 0.15) is 5.75 Å². The maximum atomic E-state index is 14.4. The summed E-state index contributed by atoms with van der Waals surface area (Å²) in [5.74, 6) is -0.435. The summed E-state index contributed by atoms with van der Waals surface area (Å²) in [5.41, 5.74) is 4.94. The van der Waals surface area contributed by atoms with Gasteiger partial charge in [0.2, 0.25) is 0 Å². The molecule has 6 nitrogen and oxygen atoms in total. The van der Waals surface area contributed by atoms with Crippen molar-refractivity contribution in [2.24, 2.45) is 17.3 Å². The molecule has 0 aromatic heterocycles. The molecule has 2 aromatic carbocycles. The monoisotopic (exact) mass is 729 g/mol. The van der Waals surface area contributed by atoms with Crippen molar-refractivity contribution in [3.8, 4) is 5.75 Å². The number of rotatable bonds is 12. The van der Waals surface area contributed by atoms with E-state index in [1.54, 1.807) is 0 Å². The molecular formula is C38H54IN2O4-. The van der Waals surface area contributed by atoms with Crippen molar-refractivity contribution in [3.05, 3.63) is 70.8 Å². The number of hydrogen-bond acceptors (Lipinski definition) is 4. The summed E-state index contributed by atoms with van der Waals surface area (Å²) < 4.78 is 6.88. The van der Waals surface area contributed by atoms with E-state index in [0.29, 0.717) is 19.7 Å². The number of aliphatic carboxylic acids is 1. The summed E-state index contributed by atoms with van der Waals surface area (Å²) in [6.07, 6.45) is 5.84. The average Bonchev–Trinajstić information content (AvgIpc) is 3.37. The van der Waals surface area contributed by atoms with Crippen LogP contribution >= 0.6 is 0 Å². The minimum atomic E-state index is -1.77. The predicted octanol–water partition coefficient (Wildman–Crippen LogP) is 3.86. The number of fused-ring (bicyclic) bond motifs is 1. The normalized spacial score (nSPS) is 24.7. The molecule has 1 unspecified atom stereocenters. The van der Waals surface area contributed by atoms with E-state index in [0.717, 1.165) is 52.7 Å². The maximum absolute atomic E-state index is 14.4. The third-order valence-corrected chi connectivity index (χ3v) is 13.2. The molecule has 2 heterocycles. The molecule has 248 valence electrons. The minimum absolute atomic E-state index is 0.0643. The second kappa shape index (κ2) is 13.0. The fourth-order valence-electron chi connectivity index (χ4n) is 8.34. The van der Waals surface area contributed by atoms with Crippen LogP contribution in [-0.4, -0.2) is 68.5 Å². The van der Waals surface area contributed by atoms with E-state index in [4.69, 9.17) is 4.74 Å². The van der Waals surface area contributed by atoms with Crippen LogP contribution in [-0.2, 0) is 20.4 Å². The molecule has 1 saturated heterocycles. The number of likely N-dealkylation sites (tertiary alicyclic amines) is 1. The van der Waals surface area contributed by atoms with Crippen LogP contribution in [0.15, 0.2) is 54.1 Å². The Morgan fingerprint density at radius 1 is 1.16 bits per heavy atom. The number of allylic oxidation sites excluding steroid dienone is 2. The van der Waals surface area contributed by atoms with E-state index in [1.165, 1.54) is 11.1 Å². The molecule has 4 atom stereocenters. The molecular weight excluding hydrogens is 675 g/mol. The van der Waals surface area contributed by atoms with Crippen molar-refractivity contribution in [1.29, 1.82) is 0 Å². The Labute approximate surface area is 275 Å². The van der Waals surface area contributed by atoms with E-state index in [2.05, 4.69) is 96.8 Å². The first-order valence-electron chi connectivity index (χ1n) is 16.5. The van der Waals surface area contributed by atoms with Gasteiger partial charge in [-0.15, -0.1) is 0 Å². The van der Waals surface area contributed by atoms with E-state index in [1.807, 2.05) is 11.0 Å². The zero-order valence-electron chi connectivity index (χ0n) is 28.7. The van der Waals surface area contributed by atoms with Crippen molar-refractivity contribution in [1.82, 2.24) is 4.90 Å². The molecule has 1 saturated carbocycles. The van der Waals surface area contributed by atoms with Crippen LogP contribution in [0.2, 0.25) is 0 Å². The summed E-state index contributed by atoms with van der Waals surface area (Å²) in [4.78, 5) is 39.2. The van der Waals surface area contributed by atoms with Gasteiger partial charge in [-0.05, 0) is 25.5 Å². The van der Waals surface area contributed by atoms with Crippen molar-refractivity contribution >= 4 is 17.6 Å². The first-order chi connectivity index (χ1) is 21.2. The third-order valence-electron chi connectivity index (χ3n) is 10.0. The van der Waals surface area contributed by atoms with Gasteiger partial charge in [0.15, 0.2) is 0 Å². The Bertz CT molecular complexity index is 1460. The number of benzene rings is 2. The van der Waals surface area contributed by atoms with Gasteiger partial charge in [-0.3, -0.25) is 0 Å². The number of alkyl halides is 4. The van der Waals surface area contributed by atoms with Crippen molar-refractivity contribution in [3.63, 3.8) is 0 Å². The number of carboxylic acids is 1. The van der Waals surface area contributed by atoms with Crippen LogP contribution in [0.25, 0.3) is 0 Å². The van der Waals surface area contributed by atoms with Gasteiger partial charge in [0.05, 0.1) is 6.61 Å². The van der Waals surface area contributed by atoms with E-state index in [-0.39, 0.29) is 29.7 Å². The van der Waals surface area contributed by atoms with Crippen LogP contribution in [0.1, 0.15) is 76.5 Å². The molecule has 2 fully saturated rings. The molecule has 1 N–H and O–H groups in total. The standard InChI is InChI=1S/C38H54IN2O4/c1-9-10-17-41(30-13-11-12-27(19-30)23-39(6,7)8)34(42)25-40-24-31(28-14-15-32-29(20-28)16-18-45-32)35(36(43)44)38(40)22-33(38)37(4,5)21-26(2)3/h11-15,19-21,31,33,35H,9-10,16-18,22-25H2,1-8H3,(H,43,44)/q-1/t31-,33+,35+,38?/m1/s1. The van der Waals surface area contributed by atoms with Crippen molar-refractivity contribution in [2.75, 3.05) is 45.9 Å². The van der Waals surface area contributed by atoms with Gasteiger partial charge in [0, 0.05) is 6.42 Å². The van der Waals surface area contributed by atoms with Crippen LogP contribution in [0, 0.1) is 17.3 Å². The first-order valence-corrected chi connectivity index (χ1v) is 24.5. The van der Waals surface area contributed by atoms with Crippen LogP contribution in [0.3, 0.4) is 0 Å². The van der Waals surface area contributed by atoms with Crippen molar-refractivity contribution in [2.45, 2.75) is 76.2 Å². The number of hydrogen-bond donors (Lipinski definition) is 1. The molecule has 45 heavy (non-hydrogen) atoms. The summed E-state index contributed by atoms with van der Waals surface area (Å²) in [6.45, 7) is 13.0. The van der Waals surface area contributed by atoms with Gasteiger partial charge in [-0.1, -0.05) is 5.57 Å². The van der Waals surface area contributed by atoms with E-state index in [9.17, 15) is 14.7 Å². The quantitative estimate of drug-likeness (QED) is 0.205. The Hall–Kier alpha value is -2.39.